The lowest BCUT2D eigenvalue weighted by Gasteiger charge is -2.06. The average Bonchev–Trinajstić information content (AvgIpc) is 2.65. The topological polar surface area (TPSA) is 81.1 Å². The molecule has 0 bridgehead atoms. The normalized spacial score (nSPS) is 11.5. The lowest BCUT2D eigenvalue weighted by molar-refractivity contribution is 0.0980. The second-order valence-corrected chi connectivity index (χ2v) is 7.14. The summed E-state index contributed by atoms with van der Waals surface area (Å²) in [4.78, 5) is 12.1. The molecule has 1 aromatic carbocycles. The number of rotatable bonds is 4. The quantitative estimate of drug-likeness (QED) is 0.926. The minimum absolute atomic E-state index is 0.303. The molecule has 7 heteroatoms. The van der Waals surface area contributed by atoms with Crippen molar-refractivity contribution in [2.45, 2.75) is 27.3 Å². The fraction of sp³-hybridized carbons (Fsp3) is 0.333. The third kappa shape index (κ3) is 3.73. The van der Waals surface area contributed by atoms with Crippen molar-refractivity contribution >= 4 is 15.9 Å². The summed E-state index contributed by atoms with van der Waals surface area (Å²) in [5.74, 6) is -0.646. The molecule has 0 fully saturated rings. The van der Waals surface area contributed by atoms with Crippen molar-refractivity contribution in [2.24, 2.45) is 0 Å². The van der Waals surface area contributed by atoms with Crippen LogP contribution < -0.4 is 4.72 Å². The van der Waals surface area contributed by atoms with Crippen LogP contribution in [0.1, 0.15) is 32.9 Å². The number of hydrogen-bond acceptors (Lipinski definition) is 4. The van der Waals surface area contributed by atoms with Gasteiger partial charge in [-0.05, 0) is 26.3 Å². The molecule has 1 aromatic heterocycles. The van der Waals surface area contributed by atoms with E-state index in [-0.39, 0.29) is 0 Å². The molecule has 0 aliphatic rings. The number of sulfonamides is 1. The molecule has 6 nitrogen and oxygen atoms in total. The van der Waals surface area contributed by atoms with Gasteiger partial charge in [0, 0.05) is 5.69 Å². The van der Waals surface area contributed by atoms with Crippen molar-refractivity contribution in [1.82, 2.24) is 14.5 Å². The van der Waals surface area contributed by atoms with E-state index < -0.39 is 15.9 Å². The van der Waals surface area contributed by atoms with Crippen LogP contribution in [0.25, 0.3) is 0 Å². The van der Waals surface area contributed by atoms with Gasteiger partial charge in [0.2, 0.25) is 10.0 Å². The van der Waals surface area contributed by atoms with Crippen molar-refractivity contribution in [3.8, 4) is 0 Å². The Kier molecular flexibility index (Phi) is 4.37. The smallest absolute Gasteiger partial charge is 0.268 e. The number of carbonyl (C=O) groups excluding carboxylic acids is 1. The molecule has 0 aliphatic carbocycles. The standard InChI is InChI=1S/C15H19N3O3S/c1-10-5-7-13(8-6-10)9-18-12(3)14(11(2)16-18)15(19)17-22(4,20)21/h5-8H,9H2,1-4H3,(H,17,19). The molecule has 0 unspecified atom stereocenters. The molecule has 1 N–H and O–H groups in total. The number of carbonyl (C=O) groups is 1. The molecule has 2 aromatic rings. The zero-order valence-corrected chi connectivity index (χ0v) is 13.9. The highest BCUT2D eigenvalue weighted by Gasteiger charge is 2.21. The highest BCUT2D eigenvalue weighted by atomic mass is 32.2. The molecule has 22 heavy (non-hydrogen) atoms. The third-order valence-corrected chi connectivity index (χ3v) is 3.90. The average molecular weight is 321 g/mol. The predicted octanol–water partition coefficient (Wildman–Crippen LogP) is 1.55. The summed E-state index contributed by atoms with van der Waals surface area (Å²) in [6.07, 6.45) is 0.951. The van der Waals surface area contributed by atoms with Gasteiger partial charge in [0.15, 0.2) is 0 Å². The number of hydrogen-bond donors (Lipinski definition) is 1. The molecule has 1 amide bonds. The van der Waals surface area contributed by atoms with E-state index >= 15 is 0 Å². The summed E-state index contributed by atoms with van der Waals surface area (Å²) in [6, 6.07) is 8.03. The second-order valence-electron chi connectivity index (χ2n) is 5.39. The summed E-state index contributed by atoms with van der Waals surface area (Å²) in [5, 5.41) is 4.34. The summed E-state index contributed by atoms with van der Waals surface area (Å²) in [7, 11) is -3.60. The highest BCUT2D eigenvalue weighted by molar-refractivity contribution is 7.89. The number of nitrogens with one attached hydrogen (secondary N) is 1. The minimum atomic E-state index is -3.60. The molecule has 0 spiro atoms. The van der Waals surface area contributed by atoms with Gasteiger partial charge in [0.1, 0.15) is 0 Å². The molecule has 0 saturated heterocycles. The van der Waals surface area contributed by atoms with Crippen LogP contribution in [0.15, 0.2) is 24.3 Å². The molecular formula is C15H19N3O3S. The zero-order valence-electron chi connectivity index (χ0n) is 13.0. The van der Waals surface area contributed by atoms with E-state index in [2.05, 4.69) is 5.10 Å². The monoisotopic (exact) mass is 321 g/mol. The van der Waals surface area contributed by atoms with Crippen molar-refractivity contribution in [2.75, 3.05) is 6.26 Å². The molecule has 0 atom stereocenters. The molecule has 118 valence electrons. The maximum absolute atomic E-state index is 12.1. The predicted molar refractivity (Wildman–Crippen MR) is 84.3 cm³/mol. The Hall–Kier alpha value is -2.15. The third-order valence-electron chi connectivity index (χ3n) is 3.34. The SMILES string of the molecule is Cc1ccc(Cn2nc(C)c(C(=O)NS(C)(=O)=O)c2C)cc1. The van der Waals surface area contributed by atoms with Crippen LogP contribution >= 0.6 is 0 Å². The Labute approximate surface area is 130 Å². The molecular weight excluding hydrogens is 302 g/mol. The van der Waals surface area contributed by atoms with E-state index in [0.29, 0.717) is 23.5 Å². The van der Waals surface area contributed by atoms with Crippen molar-refractivity contribution in [3.63, 3.8) is 0 Å². The first-order chi connectivity index (χ1) is 10.2. The maximum Gasteiger partial charge on any atom is 0.268 e. The van der Waals surface area contributed by atoms with Crippen LogP contribution in [0.5, 0.6) is 0 Å². The Morgan fingerprint density at radius 3 is 2.32 bits per heavy atom. The first-order valence-corrected chi connectivity index (χ1v) is 8.68. The number of aryl methyl sites for hydroxylation is 2. The summed E-state index contributed by atoms with van der Waals surface area (Å²) in [5.41, 5.74) is 3.68. The minimum Gasteiger partial charge on any atom is -0.268 e. The van der Waals surface area contributed by atoms with E-state index in [1.54, 1.807) is 18.5 Å². The summed E-state index contributed by atoms with van der Waals surface area (Å²) < 4.78 is 26.1. The molecule has 2 rings (SSSR count). The van der Waals surface area contributed by atoms with Gasteiger partial charge in [-0.2, -0.15) is 5.10 Å². The van der Waals surface area contributed by atoms with Gasteiger partial charge in [-0.15, -0.1) is 0 Å². The largest absolute Gasteiger partial charge is 0.268 e. The van der Waals surface area contributed by atoms with Crippen LogP contribution in [0.4, 0.5) is 0 Å². The fourth-order valence-corrected chi connectivity index (χ4v) is 2.70. The highest BCUT2D eigenvalue weighted by Crippen LogP contribution is 2.15. The lowest BCUT2D eigenvalue weighted by atomic mass is 10.1. The van der Waals surface area contributed by atoms with E-state index in [4.69, 9.17) is 0 Å². The van der Waals surface area contributed by atoms with Crippen molar-refractivity contribution in [1.29, 1.82) is 0 Å². The van der Waals surface area contributed by atoms with Crippen LogP contribution in [0, 0.1) is 20.8 Å². The lowest BCUT2D eigenvalue weighted by Crippen LogP contribution is -2.30. The molecule has 1 heterocycles. The van der Waals surface area contributed by atoms with Crippen LogP contribution in [-0.4, -0.2) is 30.4 Å². The molecule has 0 radical (unpaired) electrons. The fourth-order valence-electron chi connectivity index (χ4n) is 2.27. The van der Waals surface area contributed by atoms with Gasteiger partial charge in [0.25, 0.3) is 5.91 Å². The van der Waals surface area contributed by atoms with Crippen LogP contribution in [0.2, 0.25) is 0 Å². The Morgan fingerprint density at radius 1 is 1.18 bits per heavy atom. The Bertz CT molecular complexity index is 805. The summed E-state index contributed by atoms with van der Waals surface area (Å²) >= 11 is 0. The number of amides is 1. The van der Waals surface area contributed by atoms with Gasteiger partial charge in [-0.1, -0.05) is 29.8 Å². The van der Waals surface area contributed by atoms with Crippen molar-refractivity contribution < 1.29 is 13.2 Å². The van der Waals surface area contributed by atoms with Gasteiger partial charge in [-0.3, -0.25) is 9.48 Å². The first-order valence-electron chi connectivity index (χ1n) is 6.79. The zero-order chi connectivity index (χ0) is 16.5. The van der Waals surface area contributed by atoms with E-state index in [1.807, 2.05) is 35.9 Å². The van der Waals surface area contributed by atoms with Gasteiger partial charge in [0.05, 0.1) is 24.1 Å². The van der Waals surface area contributed by atoms with Gasteiger partial charge in [-0.25, -0.2) is 13.1 Å². The van der Waals surface area contributed by atoms with Crippen LogP contribution in [0.3, 0.4) is 0 Å². The Balaban J connectivity index is 2.30. The maximum atomic E-state index is 12.1. The van der Waals surface area contributed by atoms with Gasteiger partial charge >= 0.3 is 0 Å². The number of nitrogens with zero attached hydrogens (tertiary/aromatic N) is 2. The Morgan fingerprint density at radius 2 is 1.77 bits per heavy atom. The van der Waals surface area contributed by atoms with E-state index in [1.165, 1.54) is 5.56 Å². The number of benzene rings is 1. The first kappa shape index (κ1) is 16.2. The van der Waals surface area contributed by atoms with Gasteiger partial charge < -0.3 is 0 Å². The summed E-state index contributed by atoms with van der Waals surface area (Å²) in [6.45, 7) is 5.99. The second kappa shape index (κ2) is 5.92. The molecule has 0 saturated carbocycles. The van der Waals surface area contributed by atoms with E-state index in [0.717, 1.165) is 11.8 Å². The number of aromatic nitrogens is 2. The van der Waals surface area contributed by atoms with E-state index in [9.17, 15) is 13.2 Å². The molecule has 0 aliphatic heterocycles. The van der Waals surface area contributed by atoms with Crippen LogP contribution in [-0.2, 0) is 16.6 Å². The van der Waals surface area contributed by atoms with Crippen molar-refractivity contribution in [3.05, 3.63) is 52.3 Å².